The van der Waals surface area contributed by atoms with E-state index in [1.807, 2.05) is 0 Å². The summed E-state index contributed by atoms with van der Waals surface area (Å²) < 4.78 is 29.1. The normalized spacial score (nSPS) is 10.8. The van der Waals surface area contributed by atoms with Crippen LogP contribution in [-0.4, -0.2) is 10.5 Å². The summed E-state index contributed by atoms with van der Waals surface area (Å²) in [5, 5.41) is 2.65. The van der Waals surface area contributed by atoms with Gasteiger partial charge in [0.1, 0.15) is 18.2 Å². The quantitative estimate of drug-likeness (QED) is 0.738. The van der Waals surface area contributed by atoms with E-state index in [1.54, 1.807) is 6.07 Å². The van der Waals surface area contributed by atoms with E-state index in [2.05, 4.69) is 21.2 Å². The van der Waals surface area contributed by atoms with E-state index < -0.39 is 17.5 Å². The van der Waals surface area contributed by atoms with Crippen molar-refractivity contribution in [3.05, 3.63) is 75.0 Å². The van der Waals surface area contributed by atoms with Crippen LogP contribution in [-0.2, 0) is 11.3 Å². The van der Waals surface area contributed by atoms with Crippen LogP contribution < -0.4 is 10.7 Å². The average molecular weight is 393 g/mol. The number of nitrogens with one attached hydrogen (secondary N) is 1. The van der Waals surface area contributed by atoms with Crippen molar-refractivity contribution in [1.82, 2.24) is 4.57 Å². The van der Waals surface area contributed by atoms with Crippen LogP contribution >= 0.6 is 15.9 Å². The topological polar surface area (TPSA) is 51.1 Å². The number of carbonyl (C=O) groups is 1. The second-order valence-electron chi connectivity index (χ2n) is 5.14. The number of nitrogens with zero attached hydrogens (tertiary/aromatic N) is 1. The molecule has 0 aliphatic rings. The van der Waals surface area contributed by atoms with Gasteiger partial charge in [0.15, 0.2) is 5.43 Å². The fourth-order valence-corrected chi connectivity index (χ4v) is 2.69. The highest BCUT2D eigenvalue weighted by Crippen LogP contribution is 2.19. The largest absolute Gasteiger partial charge is 0.338 e. The van der Waals surface area contributed by atoms with Gasteiger partial charge >= 0.3 is 0 Å². The first-order valence-electron chi connectivity index (χ1n) is 6.97. The summed E-state index contributed by atoms with van der Waals surface area (Å²) in [5.41, 5.74) is 0.148. The first-order chi connectivity index (χ1) is 11.4. The minimum atomic E-state index is -0.565. The molecule has 0 saturated heterocycles. The van der Waals surface area contributed by atoms with Crippen LogP contribution in [0.15, 0.2) is 57.9 Å². The molecule has 3 aromatic rings. The summed E-state index contributed by atoms with van der Waals surface area (Å²) >= 11 is 3.14. The highest BCUT2D eigenvalue weighted by atomic mass is 79.9. The number of halogens is 3. The Morgan fingerprint density at radius 3 is 2.67 bits per heavy atom. The van der Waals surface area contributed by atoms with Crippen molar-refractivity contribution in [3.8, 4) is 0 Å². The lowest BCUT2D eigenvalue weighted by Crippen LogP contribution is -2.21. The predicted octanol–water partition coefficient (Wildman–Crippen LogP) is 3.68. The third kappa shape index (κ3) is 3.35. The van der Waals surface area contributed by atoms with Gasteiger partial charge in [0.25, 0.3) is 0 Å². The zero-order valence-electron chi connectivity index (χ0n) is 12.2. The Labute approximate surface area is 143 Å². The van der Waals surface area contributed by atoms with Gasteiger partial charge in [-0.1, -0.05) is 15.9 Å². The van der Waals surface area contributed by atoms with Crippen molar-refractivity contribution in [2.24, 2.45) is 0 Å². The van der Waals surface area contributed by atoms with Crippen molar-refractivity contribution in [3.63, 3.8) is 0 Å². The lowest BCUT2D eigenvalue weighted by atomic mass is 10.2. The fourth-order valence-electron chi connectivity index (χ4n) is 2.36. The van der Waals surface area contributed by atoms with Gasteiger partial charge in [-0.2, -0.15) is 0 Å². The molecule has 24 heavy (non-hydrogen) atoms. The molecule has 122 valence electrons. The number of carbonyl (C=O) groups excluding carboxylic acids is 1. The summed E-state index contributed by atoms with van der Waals surface area (Å²) in [4.78, 5) is 24.0. The zero-order valence-corrected chi connectivity index (χ0v) is 13.8. The minimum Gasteiger partial charge on any atom is -0.338 e. The van der Waals surface area contributed by atoms with E-state index in [-0.39, 0.29) is 23.0 Å². The molecule has 1 amide bonds. The molecule has 2 aromatic carbocycles. The third-order valence-corrected chi connectivity index (χ3v) is 3.95. The molecule has 0 saturated carbocycles. The van der Waals surface area contributed by atoms with Crippen molar-refractivity contribution in [1.29, 1.82) is 0 Å². The van der Waals surface area contributed by atoms with Crippen LogP contribution in [0.3, 0.4) is 0 Å². The van der Waals surface area contributed by atoms with Gasteiger partial charge in [0.2, 0.25) is 5.91 Å². The lowest BCUT2D eigenvalue weighted by molar-refractivity contribution is -0.116. The van der Waals surface area contributed by atoms with Crippen molar-refractivity contribution in [2.45, 2.75) is 6.54 Å². The Balaban J connectivity index is 1.88. The first kappa shape index (κ1) is 16.3. The van der Waals surface area contributed by atoms with Gasteiger partial charge in [0.05, 0.1) is 11.2 Å². The Bertz CT molecular complexity index is 1000. The van der Waals surface area contributed by atoms with Crippen molar-refractivity contribution in [2.75, 3.05) is 5.32 Å². The van der Waals surface area contributed by atoms with Crippen LogP contribution in [0.5, 0.6) is 0 Å². The molecule has 1 aromatic heterocycles. The summed E-state index contributed by atoms with van der Waals surface area (Å²) in [7, 11) is 0. The molecule has 0 atom stereocenters. The van der Waals surface area contributed by atoms with E-state index in [9.17, 15) is 18.4 Å². The van der Waals surface area contributed by atoms with Crippen molar-refractivity contribution >= 4 is 38.4 Å². The molecule has 0 aliphatic carbocycles. The minimum absolute atomic E-state index is 0.0552. The van der Waals surface area contributed by atoms with E-state index in [0.29, 0.717) is 9.99 Å². The monoisotopic (exact) mass is 392 g/mol. The maximum atomic E-state index is 13.8. The molecule has 4 nitrogen and oxygen atoms in total. The number of aromatic nitrogens is 1. The van der Waals surface area contributed by atoms with Crippen LogP contribution in [0.2, 0.25) is 0 Å². The second-order valence-corrected chi connectivity index (χ2v) is 6.06. The van der Waals surface area contributed by atoms with Gasteiger partial charge in [-0.15, -0.1) is 0 Å². The Hall–Kier alpha value is -2.54. The summed E-state index contributed by atoms with van der Waals surface area (Å²) in [6, 6.07) is 9.32. The molecular formula is C17H11BrF2N2O2. The number of fused-ring (bicyclic) bond motifs is 1. The van der Waals surface area contributed by atoms with Gasteiger partial charge in [-0.25, -0.2) is 8.78 Å². The highest BCUT2D eigenvalue weighted by molar-refractivity contribution is 9.10. The number of rotatable bonds is 3. The van der Waals surface area contributed by atoms with E-state index in [4.69, 9.17) is 0 Å². The smallest absolute Gasteiger partial charge is 0.244 e. The van der Waals surface area contributed by atoms with E-state index >= 15 is 0 Å². The summed E-state index contributed by atoms with van der Waals surface area (Å²) in [5.74, 6) is -1.56. The van der Waals surface area contributed by atoms with Crippen LogP contribution in [0.1, 0.15) is 0 Å². The zero-order chi connectivity index (χ0) is 17.3. The standard InChI is InChI=1S/C17H11BrF2N2O2/c18-10-1-3-14(13(20)7-10)21-17(24)9-22-6-5-16(23)12-8-11(19)2-4-15(12)22/h1-8H,9H2,(H,21,24). The SMILES string of the molecule is O=C(Cn1ccc(=O)c2cc(F)ccc21)Nc1ccc(Br)cc1F. The number of hydrogen-bond acceptors (Lipinski definition) is 2. The Kier molecular flexibility index (Phi) is 4.44. The summed E-state index contributed by atoms with van der Waals surface area (Å²) in [6.45, 7) is -0.141. The number of amides is 1. The molecule has 3 rings (SSSR count). The molecule has 0 spiro atoms. The number of hydrogen-bond donors (Lipinski definition) is 1. The summed E-state index contributed by atoms with van der Waals surface area (Å²) in [6.07, 6.45) is 1.44. The second kappa shape index (κ2) is 6.52. The Morgan fingerprint density at radius 2 is 1.92 bits per heavy atom. The molecule has 1 N–H and O–H groups in total. The maximum absolute atomic E-state index is 13.8. The molecular weight excluding hydrogens is 382 g/mol. The third-order valence-electron chi connectivity index (χ3n) is 3.46. The van der Waals surface area contributed by atoms with E-state index in [0.717, 1.165) is 6.07 Å². The fraction of sp³-hybridized carbons (Fsp3) is 0.0588. The molecule has 0 fully saturated rings. The van der Waals surface area contributed by atoms with Gasteiger partial charge < -0.3 is 9.88 Å². The maximum Gasteiger partial charge on any atom is 0.244 e. The van der Waals surface area contributed by atoms with E-state index in [1.165, 1.54) is 41.1 Å². The first-order valence-corrected chi connectivity index (χ1v) is 7.77. The molecule has 7 heteroatoms. The van der Waals surface area contributed by atoms with Gasteiger partial charge in [-0.3, -0.25) is 9.59 Å². The molecule has 0 unspecified atom stereocenters. The average Bonchev–Trinajstić information content (AvgIpc) is 2.53. The molecule has 1 heterocycles. The van der Waals surface area contributed by atoms with Crippen LogP contribution in [0, 0.1) is 11.6 Å². The molecule has 0 aliphatic heterocycles. The van der Waals surface area contributed by atoms with Gasteiger partial charge in [-0.05, 0) is 36.4 Å². The Morgan fingerprint density at radius 1 is 1.12 bits per heavy atom. The number of anilines is 1. The number of benzene rings is 2. The van der Waals surface area contributed by atoms with Crippen LogP contribution in [0.25, 0.3) is 10.9 Å². The lowest BCUT2D eigenvalue weighted by Gasteiger charge is -2.11. The molecule has 0 radical (unpaired) electrons. The predicted molar refractivity (Wildman–Crippen MR) is 90.9 cm³/mol. The van der Waals surface area contributed by atoms with Gasteiger partial charge in [0, 0.05) is 22.1 Å². The highest BCUT2D eigenvalue weighted by Gasteiger charge is 2.10. The van der Waals surface area contributed by atoms with Crippen LogP contribution in [0.4, 0.5) is 14.5 Å². The van der Waals surface area contributed by atoms with Crippen molar-refractivity contribution < 1.29 is 13.6 Å². The number of pyridine rings is 1. The molecule has 0 bridgehead atoms.